The molecule has 2 aromatic heterocycles. The number of aromatic nitrogens is 2. The smallest absolute Gasteiger partial charge is 0.237 e. The second kappa shape index (κ2) is 5.48. The molecule has 0 fully saturated rings. The van der Waals surface area contributed by atoms with Crippen LogP contribution >= 0.6 is 11.3 Å². The Morgan fingerprint density at radius 1 is 1.47 bits per heavy atom. The Morgan fingerprint density at radius 2 is 2.21 bits per heavy atom. The molecule has 0 aliphatic rings. The van der Waals surface area contributed by atoms with Crippen molar-refractivity contribution in [1.82, 2.24) is 19.6 Å². The first-order chi connectivity index (χ1) is 8.95. The van der Waals surface area contributed by atoms with Crippen molar-refractivity contribution in [3.63, 3.8) is 0 Å². The van der Waals surface area contributed by atoms with Gasteiger partial charge in [0.25, 0.3) is 0 Å². The Kier molecular flexibility index (Phi) is 4.13. The zero-order chi connectivity index (χ0) is 14.0. The third-order valence-electron chi connectivity index (χ3n) is 3.58. The van der Waals surface area contributed by atoms with Gasteiger partial charge < -0.3 is 15.0 Å². The van der Waals surface area contributed by atoms with E-state index in [1.54, 1.807) is 18.4 Å². The number of nitrogens with one attached hydrogen (secondary N) is 1. The van der Waals surface area contributed by atoms with E-state index in [1.165, 1.54) is 0 Å². The van der Waals surface area contributed by atoms with Crippen molar-refractivity contribution in [2.45, 2.75) is 25.9 Å². The van der Waals surface area contributed by atoms with Crippen LogP contribution in [0.25, 0.3) is 4.96 Å². The molecule has 0 aliphatic heterocycles. The molecule has 0 saturated carbocycles. The van der Waals surface area contributed by atoms with Gasteiger partial charge in [-0.3, -0.25) is 4.40 Å². The molecule has 0 aromatic carbocycles. The number of hydrogen-bond acceptors (Lipinski definition) is 5. The Hall–Kier alpha value is -1.11. The van der Waals surface area contributed by atoms with E-state index in [4.69, 9.17) is 4.74 Å². The van der Waals surface area contributed by atoms with E-state index in [-0.39, 0.29) is 5.54 Å². The first kappa shape index (κ1) is 14.3. The summed E-state index contributed by atoms with van der Waals surface area (Å²) in [6.45, 7) is 6.08. The molecule has 1 N–H and O–H groups in total. The van der Waals surface area contributed by atoms with Crippen LogP contribution in [0.4, 0.5) is 0 Å². The van der Waals surface area contributed by atoms with Crippen molar-refractivity contribution in [1.29, 1.82) is 0 Å². The maximum atomic E-state index is 5.34. The Labute approximate surface area is 118 Å². The molecule has 0 amide bonds. The van der Waals surface area contributed by atoms with Crippen molar-refractivity contribution >= 4 is 16.3 Å². The highest BCUT2D eigenvalue weighted by Crippen LogP contribution is 2.23. The van der Waals surface area contributed by atoms with Crippen LogP contribution in [-0.2, 0) is 6.54 Å². The van der Waals surface area contributed by atoms with Gasteiger partial charge in [0.05, 0.1) is 7.11 Å². The lowest BCUT2D eigenvalue weighted by Gasteiger charge is -2.32. The maximum Gasteiger partial charge on any atom is 0.237 e. The Bertz CT molecular complexity index is 544. The third-order valence-corrected chi connectivity index (χ3v) is 4.33. The van der Waals surface area contributed by atoms with Crippen LogP contribution in [0.5, 0.6) is 5.88 Å². The van der Waals surface area contributed by atoms with E-state index >= 15 is 0 Å². The van der Waals surface area contributed by atoms with Gasteiger partial charge in [0, 0.05) is 30.2 Å². The zero-order valence-corrected chi connectivity index (χ0v) is 13.0. The number of ether oxygens (including phenoxy) is 1. The minimum Gasteiger partial charge on any atom is -0.480 e. The summed E-state index contributed by atoms with van der Waals surface area (Å²) in [6, 6.07) is 0. The molecule has 2 aromatic rings. The van der Waals surface area contributed by atoms with Crippen molar-refractivity contribution in [3.8, 4) is 5.88 Å². The van der Waals surface area contributed by atoms with Crippen LogP contribution in [0.2, 0.25) is 0 Å². The summed E-state index contributed by atoms with van der Waals surface area (Å²) in [4.78, 5) is 7.64. The number of thiazole rings is 1. The molecule has 6 heteroatoms. The second-order valence-electron chi connectivity index (χ2n) is 5.43. The highest BCUT2D eigenvalue weighted by molar-refractivity contribution is 7.15. The number of imidazole rings is 1. The molecule has 2 heterocycles. The predicted octanol–water partition coefficient (Wildman–Crippen LogP) is 1.83. The summed E-state index contributed by atoms with van der Waals surface area (Å²) in [7, 11) is 5.86. The van der Waals surface area contributed by atoms with Crippen LogP contribution in [0.1, 0.15) is 19.5 Å². The molecule has 0 bridgehead atoms. The zero-order valence-electron chi connectivity index (χ0n) is 12.2. The maximum absolute atomic E-state index is 5.34. The van der Waals surface area contributed by atoms with E-state index in [2.05, 4.69) is 47.5 Å². The molecule has 0 aliphatic carbocycles. The van der Waals surface area contributed by atoms with Crippen LogP contribution in [-0.4, -0.2) is 47.6 Å². The average Bonchev–Trinajstić information content (AvgIpc) is 2.90. The highest BCUT2D eigenvalue weighted by atomic mass is 32.1. The van der Waals surface area contributed by atoms with Crippen molar-refractivity contribution < 1.29 is 4.74 Å². The molecule has 0 radical (unpaired) electrons. The van der Waals surface area contributed by atoms with E-state index in [0.717, 1.165) is 23.7 Å². The average molecular weight is 282 g/mol. The molecule has 2 rings (SSSR count). The first-order valence-electron chi connectivity index (χ1n) is 6.32. The summed E-state index contributed by atoms with van der Waals surface area (Å²) in [5.74, 6) is 0.710. The summed E-state index contributed by atoms with van der Waals surface area (Å²) >= 11 is 1.62. The Balaban J connectivity index is 2.07. The fourth-order valence-corrected chi connectivity index (χ4v) is 2.51. The second-order valence-corrected chi connectivity index (χ2v) is 6.31. The Morgan fingerprint density at radius 3 is 2.84 bits per heavy atom. The molecule has 0 atom stereocenters. The third kappa shape index (κ3) is 2.91. The van der Waals surface area contributed by atoms with E-state index in [1.807, 2.05) is 11.6 Å². The molecule has 5 nitrogen and oxygen atoms in total. The van der Waals surface area contributed by atoms with Crippen molar-refractivity contribution in [3.05, 3.63) is 17.3 Å². The number of rotatable bonds is 6. The summed E-state index contributed by atoms with van der Waals surface area (Å²) in [6.07, 6.45) is 2.03. The number of nitrogens with zero attached hydrogens (tertiary/aromatic N) is 3. The lowest BCUT2D eigenvalue weighted by Crippen LogP contribution is -2.46. The van der Waals surface area contributed by atoms with Crippen LogP contribution in [0.3, 0.4) is 0 Å². The van der Waals surface area contributed by atoms with Gasteiger partial charge in [0.1, 0.15) is 5.69 Å². The topological polar surface area (TPSA) is 41.8 Å². The van der Waals surface area contributed by atoms with Gasteiger partial charge in [-0.25, -0.2) is 0 Å². The monoisotopic (exact) mass is 282 g/mol. The summed E-state index contributed by atoms with van der Waals surface area (Å²) in [5.41, 5.74) is 1.19. The lowest BCUT2D eigenvalue weighted by molar-refractivity contribution is 0.189. The van der Waals surface area contributed by atoms with Crippen LogP contribution in [0.15, 0.2) is 11.6 Å². The van der Waals surface area contributed by atoms with Crippen molar-refractivity contribution in [2.75, 3.05) is 27.7 Å². The number of likely N-dealkylation sites (N-methyl/N-ethyl adjacent to an activating group) is 1. The van der Waals surface area contributed by atoms with Gasteiger partial charge in [-0.2, -0.15) is 4.98 Å². The van der Waals surface area contributed by atoms with Gasteiger partial charge >= 0.3 is 0 Å². The van der Waals surface area contributed by atoms with E-state index in [9.17, 15) is 0 Å². The minimum atomic E-state index is 0.117. The molecule has 106 valence electrons. The fourth-order valence-electron chi connectivity index (χ4n) is 1.78. The summed E-state index contributed by atoms with van der Waals surface area (Å²) in [5, 5.41) is 5.52. The van der Waals surface area contributed by atoms with Gasteiger partial charge in [-0.05, 0) is 27.9 Å². The predicted molar refractivity (Wildman–Crippen MR) is 79.1 cm³/mol. The SMILES string of the molecule is COc1nc2sccn2c1CNCC(C)(C)N(C)C. The fraction of sp³-hybridized carbons (Fsp3) is 0.615. The molecule has 0 saturated heterocycles. The standard InChI is InChI=1S/C13H22N4OS/c1-13(2,16(3)4)9-14-8-10-11(18-5)15-12-17(10)6-7-19-12/h6-7,14H,8-9H2,1-5H3. The van der Waals surface area contributed by atoms with E-state index in [0.29, 0.717) is 5.88 Å². The van der Waals surface area contributed by atoms with Gasteiger partial charge in [-0.1, -0.05) is 0 Å². The van der Waals surface area contributed by atoms with E-state index < -0.39 is 0 Å². The largest absolute Gasteiger partial charge is 0.480 e. The molecular formula is C13H22N4OS. The molecular weight excluding hydrogens is 260 g/mol. The lowest BCUT2D eigenvalue weighted by atomic mass is 10.0. The van der Waals surface area contributed by atoms with Gasteiger partial charge in [-0.15, -0.1) is 11.3 Å². The van der Waals surface area contributed by atoms with Gasteiger partial charge in [0.2, 0.25) is 5.88 Å². The van der Waals surface area contributed by atoms with Crippen LogP contribution < -0.4 is 10.1 Å². The van der Waals surface area contributed by atoms with Crippen LogP contribution in [0, 0.1) is 0 Å². The number of fused-ring (bicyclic) bond motifs is 1. The number of methoxy groups -OCH3 is 1. The van der Waals surface area contributed by atoms with Gasteiger partial charge in [0.15, 0.2) is 4.96 Å². The summed E-state index contributed by atoms with van der Waals surface area (Å²) < 4.78 is 7.43. The minimum absolute atomic E-state index is 0.117. The van der Waals surface area contributed by atoms with Crippen molar-refractivity contribution in [2.24, 2.45) is 0 Å². The first-order valence-corrected chi connectivity index (χ1v) is 7.20. The molecule has 0 unspecified atom stereocenters. The quantitative estimate of drug-likeness (QED) is 0.878. The molecule has 19 heavy (non-hydrogen) atoms. The molecule has 0 spiro atoms. The normalized spacial score (nSPS) is 12.5. The highest BCUT2D eigenvalue weighted by Gasteiger charge is 2.20. The number of hydrogen-bond donors (Lipinski definition) is 1.